The molecule has 1 amide bonds. The fourth-order valence-corrected chi connectivity index (χ4v) is 2.33. The number of rotatable bonds is 3. The predicted molar refractivity (Wildman–Crippen MR) is 79.2 cm³/mol. The molecule has 0 saturated heterocycles. The van der Waals surface area contributed by atoms with Crippen molar-refractivity contribution in [3.63, 3.8) is 0 Å². The average molecular weight is 285 g/mol. The summed E-state index contributed by atoms with van der Waals surface area (Å²) in [5.74, 6) is 0.370. The van der Waals surface area contributed by atoms with Gasteiger partial charge in [0.05, 0.1) is 0 Å². The van der Waals surface area contributed by atoms with Crippen molar-refractivity contribution < 1.29 is 4.79 Å². The van der Waals surface area contributed by atoms with Gasteiger partial charge in [0.1, 0.15) is 17.0 Å². The van der Waals surface area contributed by atoms with E-state index in [1.165, 1.54) is 11.3 Å². The first-order valence-corrected chi connectivity index (χ1v) is 6.81. The number of benzene rings is 1. The summed E-state index contributed by atoms with van der Waals surface area (Å²) in [6, 6.07) is 9.52. The Morgan fingerprint density at radius 3 is 2.90 bits per heavy atom. The summed E-state index contributed by atoms with van der Waals surface area (Å²) in [5.41, 5.74) is 1.89. The van der Waals surface area contributed by atoms with Crippen LogP contribution < -0.4 is 10.6 Å². The molecule has 0 radical (unpaired) electrons. The fourth-order valence-electron chi connectivity index (χ4n) is 1.89. The van der Waals surface area contributed by atoms with E-state index in [1.54, 1.807) is 18.6 Å². The van der Waals surface area contributed by atoms with Crippen molar-refractivity contribution in [3.05, 3.63) is 41.5 Å². The van der Waals surface area contributed by atoms with Gasteiger partial charge < -0.3 is 5.32 Å². The van der Waals surface area contributed by atoms with Crippen LogP contribution in [-0.4, -0.2) is 28.1 Å². The molecular weight excluding hydrogens is 274 g/mol. The van der Waals surface area contributed by atoms with Crippen LogP contribution in [0, 0.1) is 0 Å². The molecule has 0 aliphatic heterocycles. The third-order valence-corrected chi connectivity index (χ3v) is 3.40. The third kappa shape index (κ3) is 2.30. The van der Waals surface area contributed by atoms with Crippen molar-refractivity contribution in [3.8, 4) is 0 Å². The SMILES string of the molecule is CNc1nc(C(=O)Nc2nncs2)cc2ccccc12. The van der Waals surface area contributed by atoms with Gasteiger partial charge in [0.2, 0.25) is 5.13 Å². The molecule has 6 nitrogen and oxygen atoms in total. The molecule has 0 unspecified atom stereocenters. The van der Waals surface area contributed by atoms with Gasteiger partial charge in [-0.15, -0.1) is 10.2 Å². The summed E-state index contributed by atoms with van der Waals surface area (Å²) in [6.45, 7) is 0. The van der Waals surface area contributed by atoms with Crippen LogP contribution in [0.2, 0.25) is 0 Å². The van der Waals surface area contributed by atoms with Crippen molar-refractivity contribution in [2.75, 3.05) is 17.7 Å². The van der Waals surface area contributed by atoms with Gasteiger partial charge in [0.25, 0.3) is 5.91 Å². The Bertz CT molecular complexity index is 757. The zero-order chi connectivity index (χ0) is 13.9. The highest BCUT2D eigenvalue weighted by Crippen LogP contribution is 2.22. The molecule has 0 fully saturated rings. The molecule has 2 N–H and O–H groups in total. The molecule has 0 aliphatic rings. The van der Waals surface area contributed by atoms with E-state index in [0.29, 0.717) is 16.6 Å². The Morgan fingerprint density at radius 2 is 2.15 bits per heavy atom. The Kier molecular flexibility index (Phi) is 3.26. The lowest BCUT2D eigenvalue weighted by atomic mass is 10.1. The second kappa shape index (κ2) is 5.22. The lowest BCUT2D eigenvalue weighted by Crippen LogP contribution is -2.14. The number of carbonyl (C=O) groups excluding carboxylic acids is 1. The standard InChI is InChI=1S/C13H11N5OS/c1-14-11-9-5-3-2-4-8(9)6-10(16-11)12(19)17-13-18-15-7-20-13/h2-7H,1H3,(H,14,16)(H,17,18,19). The normalized spacial score (nSPS) is 10.4. The van der Waals surface area contributed by atoms with Crippen molar-refractivity contribution >= 4 is 39.0 Å². The number of carbonyl (C=O) groups is 1. The molecule has 2 aromatic heterocycles. The van der Waals surface area contributed by atoms with Gasteiger partial charge in [-0.3, -0.25) is 10.1 Å². The van der Waals surface area contributed by atoms with Crippen molar-refractivity contribution in [1.82, 2.24) is 15.2 Å². The highest BCUT2D eigenvalue weighted by molar-refractivity contribution is 7.13. The number of aromatic nitrogens is 3. The zero-order valence-electron chi connectivity index (χ0n) is 10.6. The quantitative estimate of drug-likeness (QED) is 0.772. The summed E-state index contributed by atoms with van der Waals surface area (Å²) in [4.78, 5) is 16.5. The number of nitrogens with one attached hydrogen (secondary N) is 2. The molecule has 0 spiro atoms. The maximum absolute atomic E-state index is 12.2. The first-order chi connectivity index (χ1) is 9.78. The Morgan fingerprint density at radius 1 is 1.30 bits per heavy atom. The smallest absolute Gasteiger partial charge is 0.276 e. The zero-order valence-corrected chi connectivity index (χ0v) is 11.4. The number of hydrogen-bond donors (Lipinski definition) is 2. The highest BCUT2D eigenvalue weighted by atomic mass is 32.1. The average Bonchev–Trinajstić information content (AvgIpc) is 2.99. The lowest BCUT2D eigenvalue weighted by molar-refractivity contribution is 0.102. The molecule has 1 aromatic carbocycles. The number of hydrogen-bond acceptors (Lipinski definition) is 6. The number of amides is 1. The molecule has 3 rings (SSSR count). The molecular formula is C13H11N5OS. The first kappa shape index (κ1) is 12.5. The van der Waals surface area contributed by atoms with Gasteiger partial charge >= 0.3 is 0 Å². The van der Waals surface area contributed by atoms with Gasteiger partial charge in [-0.1, -0.05) is 35.6 Å². The topological polar surface area (TPSA) is 79.8 Å². The Labute approximate surface area is 118 Å². The molecule has 0 bridgehead atoms. The summed E-state index contributed by atoms with van der Waals surface area (Å²) in [5, 5.41) is 15.5. The van der Waals surface area contributed by atoms with Gasteiger partial charge in [-0.25, -0.2) is 4.98 Å². The number of pyridine rings is 1. The van der Waals surface area contributed by atoms with Crippen molar-refractivity contribution in [2.45, 2.75) is 0 Å². The Balaban J connectivity index is 2.01. The second-order valence-electron chi connectivity index (χ2n) is 4.03. The first-order valence-electron chi connectivity index (χ1n) is 5.93. The Hall–Kier alpha value is -2.54. The van der Waals surface area contributed by atoms with Crippen LogP contribution in [0.4, 0.5) is 10.9 Å². The third-order valence-electron chi connectivity index (χ3n) is 2.79. The van der Waals surface area contributed by atoms with E-state index >= 15 is 0 Å². The number of anilines is 2. The van der Waals surface area contributed by atoms with Crippen molar-refractivity contribution in [1.29, 1.82) is 0 Å². The monoisotopic (exact) mass is 285 g/mol. The van der Waals surface area contributed by atoms with E-state index in [2.05, 4.69) is 25.8 Å². The maximum Gasteiger partial charge on any atom is 0.276 e. The minimum Gasteiger partial charge on any atom is -0.373 e. The molecule has 0 atom stereocenters. The van der Waals surface area contributed by atoms with E-state index in [4.69, 9.17) is 0 Å². The van der Waals surface area contributed by atoms with Crippen LogP contribution in [0.3, 0.4) is 0 Å². The van der Waals surface area contributed by atoms with Crippen molar-refractivity contribution in [2.24, 2.45) is 0 Å². The second-order valence-corrected chi connectivity index (χ2v) is 4.86. The number of nitrogens with zero attached hydrogens (tertiary/aromatic N) is 3. The molecule has 0 saturated carbocycles. The molecule has 7 heteroatoms. The molecule has 3 aromatic rings. The molecule has 0 aliphatic carbocycles. The van der Waals surface area contributed by atoms with Gasteiger partial charge in [0.15, 0.2) is 0 Å². The van der Waals surface area contributed by atoms with E-state index < -0.39 is 0 Å². The summed E-state index contributed by atoms with van der Waals surface area (Å²) in [7, 11) is 1.78. The lowest BCUT2D eigenvalue weighted by Gasteiger charge is -2.08. The van der Waals surface area contributed by atoms with Gasteiger partial charge in [0, 0.05) is 12.4 Å². The summed E-state index contributed by atoms with van der Waals surface area (Å²) >= 11 is 1.26. The molecule has 100 valence electrons. The minimum atomic E-state index is -0.302. The summed E-state index contributed by atoms with van der Waals surface area (Å²) < 4.78 is 0. The highest BCUT2D eigenvalue weighted by Gasteiger charge is 2.12. The van der Waals surface area contributed by atoms with E-state index in [0.717, 1.165) is 10.8 Å². The van der Waals surface area contributed by atoms with Crippen LogP contribution in [0.15, 0.2) is 35.8 Å². The van der Waals surface area contributed by atoms with Crippen LogP contribution >= 0.6 is 11.3 Å². The van der Waals surface area contributed by atoms with E-state index in [-0.39, 0.29) is 5.91 Å². The molecule has 20 heavy (non-hydrogen) atoms. The maximum atomic E-state index is 12.2. The van der Waals surface area contributed by atoms with Crippen LogP contribution in [0.1, 0.15) is 10.5 Å². The largest absolute Gasteiger partial charge is 0.373 e. The van der Waals surface area contributed by atoms with Crippen LogP contribution in [-0.2, 0) is 0 Å². The summed E-state index contributed by atoms with van der Waals surface area (Å²) in [6.07, 6.45) is 0. The van der Waals surface area contributed by atoms with E-state index in [9.17, 15) is 4.79 Å². The van der Waals surface area contributed by atoms with Gasteiger partial charge in [-0.2, -0.15) is 0 Å². The number of fused-ring (bicyclic) bond motifs is 1. The van der Waals surface area contributed by atoms with Crippen LogP contribution in [0.25, 0.3) is 10.8 Å². The minimum absolute atomic E-state index is 0.302. The fraction of sp³-hybridized carbons (Fsp3) is 0.0769. The van der Waals surface area contributed by atoms with Gasteiger partial charge in [-0.05, 0) is 11.5 Å². The van der Waals surface area contributed by atoms with E-state index in [1.807, 2.05) is 24.3 Å². The van der Waals surface area contributed by atoms with Crippen LogP contribution in [0.5, 0.6) is 0 Å². The predicted octanol–water partition coefficient (Wildman–Crippen LogP) is 2.38. The molecule has 2 heterocycles.